The van der Waals surface area contributed by atoms with Crippen LogP contribution in [0.2, 0.25) is 0 Å². The van der Waals surface area contributed by atoms with Gasteiger partial charge in [-0.15, -0.1) is 0 Å². The van der Waals surface area contributed by atoms with Gasteiger partial charge >= 0.3 is 0 Å². The summed E-state index contributed by atoms with van der Waals surface area (Å²) in [5, 5.41) is 9.26. The third-order valence-electron chi connectivity index (χ3n) is 3.96. The number of halogens is 1. The van der Waals surface area contributed by atoms with Gasteiger partial charge in [0, 0.05) is 9.37 Å². The van der Waals surface area contributed by atoms with E-state index in [-0.39, 0.29) is 11.2 Å². The summed E-state index contributed by atoms with van der Waals surface area (Å²) in [6, 6.07) is 9.97. The smallest absolute Gasteiger partial charge is 0.0668 e. The van der Waals surface area contributed by atoms with Crippen molar-refractivity contribution >= 4 is 26.7 Å². The second-order valence-electron chi connectivity index (χ2n) is 5.11. The minimum absolute atomic E-state index is 0.00937. The molecule has 0 spiro atoms. The molecule has 1 fully saturated rings. The van der Waals surface area contributed by atoms with Crippen LogP contribution in [0.1, 0.15) is 32.6 Å². The molecule has 0 N–H and O–H groups in total. The van der Waals surface area contributed by atoms with E-state index in [4.69, 9.17) is 0 Å². The highest BCUT2D eigenvalue weighted by Crippen LogP contribution is 2.35. The van der Waals surface area contributed by atoms with Crippen LogP contribution in [0.25, 0.3) is 0 Å². The summed E-state index contributed by atoms with van der Waals surface area (Å²) in [6.07, 6.45) is 4.02. The van der Waals surface area contributed by atoms with E-state index < -0.39 is 10.8 Å². The van der Waals surface area contributed by atoms with Gasteiger partial charge in [0.25, 0.3) is 0 Å². The molecule has 0 aliphatic heterocycles. The summed E-state index contributed by atoms with van der Waals surface area (Å²) in [5.74, 6) is 0.557. The number of rotatable bonds is 3. The van der Waals surface area contributed by atoms with Gasteiger partial charge in [0.1, 0.15) is 0 Å². The van der Waals surface area contributed by atoms with Crippen LogP contribution in [-0.4, -0.2) is 9.46 Å². The lowest BCUT2D eigenvalue weighted by Gasteiger charge is -2.31. The quantitative estimate of drug-likeness (QED) is 0.824. The average Bonchev–Trinajstić information content (AvgIpc) is 2.46. The fourth-order valence-corrected chi connectivity index (χ4v) is 4.67. The standard InChI is InChI=1S/C15H18BrNOS/c1-2-11-3-4-12(10-17)15(9-11)19(18)14-7-5-13(16)6-8-14/h5-8,11-12,15H,2-4,9H2,1H3. The molecule has 4 unspecified atom stereocenters. The van der Waals surface area contributed by atoms with E-state index in [1.807, 2.05) is 24.3 Å². The number of nitriles is 1. The molecule has 0 radical (unpaired) electrons. The number of hydrogen-bond acceptors (Lipinski definition) is 2. The number of benzene rings is 1. The Labute approximate surface area is 125 Å². The van der Waals surface area contributed by atoms with Crippen LogP contribution in [0.15, 0.2) is 33.6 Å². The maximum absolute atomic E-state index is 12.7. The molecular formula is C15H18BrNOS. The maximum Gasteiger partial charge on any atom is 0.0668 e. The molecule has 1 saturated carbocycles. The van der Waals surface area contributed by atoms with Gasteiger partial charge in [-0.05, 0) is 49.4 Å². The Bertz CT molecular complexity index is 494. The van der Waals surface area contributed by atoms with Crippen molar-refractivity contribution in [3.8, 4) is 6.07 Å². The highest BCUT2D eigenvalue weighted by atomic mass is 79.9. The molecular weight excluding hydrogens is 322 g/mol. The summed E-state index contributed by atoms with van der Waals surface area (Å²) in [5.41, 5.74) is 0. The van der Waals surface area contributed by atoms with Crippen molar-refractivity contribution in [1.29, 1.82) is 5.26 Å². The molecule has 2 rings (SSSR count). The van der Waals surface area contributed by atoms with Gasteiger partial charge < -0.3 is 0 Å². The summed E-state index contributed by atoms with van der Waals surface area (Å²) < 4.78 is 13.7. The Morgan fingerprint density at radius 1 is 1.37 bits per heavy atom. The third kappa shape index (κ3) is 3.46. The van der Waals surface area contributed by atoms with E-state index in [0.29, 0.717) is 5.92 Å². The molecule has 0 saturated heterocycles. The van der Waals surface area contributed by atoms with Crippen molar-refractivity contribution in [2.75, 3.05) is 0 Å². The van der Waals surface area contributed by atoms with Crippen LogP contribution < -0.4 is 0 Å². The molecule has 2 nitrogen and oxygen atoms in total. The van der Waals surface area contributed by atoms with Crippen LogP contribution in [0.3, 0.4) is 0 Å². The third-order valence-corrected chi connectivity index (χ3v) is 6.30. The zero-order valence-corrected chi connectivity index (χ0v) is 13.4. The second-order valence-corrected chi connectivity index (χ2v) is 7.70. The summed E-state index contributed by atoms with van der Waals surface area (Å²) >= 11 is 3.39. The van der Waals surface area contributed by atoms with Crippen LogP contribution >= 0.6 is 15.9 Å². The van der Waals surface area contributed by atoms with Crippen molar-refractivity contribution in [3.05, 3.63) is 28.7 Å². The first-order valence-electron chi connectivity index (χ1n) is 6.71. The highest BCUT2D eigenvalue weighted by Gasteiger charge is 2.34. The first kappa shape index (κ1) is 14.7. The summed E-state index contributed by atoms with van der Waals surface area (Å²) in [6.45, 7) is 2.18. The molecule has 0 bridgehead atoms. The Balaban J connectivity index is 2.19. The molecule has 1 aliphatic rings. The largest absolute Gasteiger partial charge is 0.254 e. The summed E-state index contributed by atoms with van der Waals surface area (Å²) in [7, 11) is -1.07. The Kier molecular flexibility index (Phi) is 5.18. The van der Waals surface area contributed by atoms with Crippen LogP contribution in [0, 0.1) is 23.2 Å². The zero-order chi connectivity index (χ0) is 13.8. The molecule has 1 aliphatic carbocycles. The molecule has 4 atom stereocenters. The topological polar surface area (TPSA) is 40.9 Å². The SMILES string of the molecule is CCC1CCC(C#N)C(S(=O)c2ccc(Br)cc2)C1. The van der Waals surface area contributed by atoms with E-state index in [9.17, 15) is 9.47 Å². The number of hydrogen-bond donors (Lipinski definition) is 0. The average molecular weight is 340 g/mol. The molecule has 0 aromatic heterocycles. The lowest BCUT2D eigenvalue weighted by Crippen LogP contribution is -2.32. The minimum Gasteiger partial charge on any atom is -0.254 e. The molecule has 19 heavy (non-hydrogen) atoms. The van der Waals surface area contributed by atoms with Gasteiger partial charge in [0.2, 0.25) is 0 Å². The van der Waals surface area contributed by atoms with E-state index in [1.54, 1.807) is 0 Å². The second kappa shape index (κ2) is 6.67. The first-order chi connectivity index (χ1) is 9.15. The van der Waals surface area contributed by atoms with Crippen LogP contribution in [-0.2, 0) is 10.8 Å². The van der Waals surface area contributed by atoms with Crippen molar-refractivity contribution < 1.29 is 4.21 Å². The van der Waals surface area contributed by atoms with Crippen molar-refractivity contribution in [2.24, 2.45) is 11.8 Å². The number of nitrogens with zero attached hydrogens (tertiary/aromatic N) is 1. The van der Waals surface area contributed by atoms with E-state index in [1.165, 1.54) is 0 Å². The van der Waals surface area contributed by atoms with Gasteiger partial charge in [-0.2, -0.15) is 5.26 Å². The molecule has 0 heterocycles. The van der Waals surface area contributed by atoms with Gasteiger partial charge in [0.05, 0.1) is 28.0 Å². The van der Waals surface area contributed by atoms with Gasteiger partial charge in [-0.3, -0.25) is 4.21 Å². The van der Waals surface area contributed by atoms with E-state index in [0.717, 1.165) is 35.1 Å². The summed E-state index contributed by atoms with van der Waals surface area (Å²) in [4.78, 5) is 0.838. The maximum atomic E-state index is 12.7. The Morgan fingerprint density at radius 2 is 2.05 bits per heavy atom. The highest BCUT2D eigenvalue weighted by molar-refractivity contribution is 9.10. The van der Waals surface area contributed by atoms with E-state index >= 15 is 0 Å². The molecule has 1 aromatic carbocycles. The predicted molar refractivity (Wildman–Crippen MR) is 81.1 cm³/mol. The van der Waals surface area contributed by atoms with Gasteiger partial charge in [0.15, 0.2) is 0 Å². The van der Waals surface area contributed by atoms with Crippen LogP contribution in [0.4, 0.5) is 0 Å². The predicted octanol–water partition coefficient (Wildman–Crippen LogP) is 4.28. The fourth-order valence-electron chi connectivity index (χ4n) is 2.71. The van der Waals surface area contributed by atoms with Gasteiger partial charge in [-0.1, -0.05) is 29.3 Å². The molecule has 102 valence electrons. The Hall–Kier alpha value is -0.660. The zero-order valence-electron chi connectivity index (χ0n) is 11.0. The van der Waals surface area contributed by atoms with Crippen molar-refractivity contribution in [1.82, 2.24) is 0 Å². The molecule has 0 amide bonds. The minimum atomic E-state index is -1.07. The van der Waals surface area contributed by atoms with Crippen molar-refractivity contribution in [3.63, 3.8) is 0 Å². The molecule has 4 heteroatoms. The Morgan fingerprint density at radius 3 is 2.63 bits per heavy atom. The normalized spacial score (nSPS) is 28.6. The van der Waals surface area contributed by atoms with Crippen LogP contribution in [0.5, 0.6) is 0 Å². The first-order valence-corrected chi connectivity index (χ1v) is 8.72. The van der Waals surface area contributed by atoms with Crippen molar-refractivity contribution in [2.45, 2.75) is 42.8 Å². The molecule has 1 aromatic rings. The van der Waals surface area contributed by atoms with E-state index in [2.05, 4.69) is 28.9 Å². The van der Waals surface area contributed by atoms with Gasteiger partial charge in [-0.25, -0.2) is 0 Å². The lowest BCUT2D eigenvalue weighted by molar-refractivity contribution is 0.313. The fraction of sp³-hybridized carbons (Fsp3) is 0.533. The lowest BCUT2D eigenvalue weighted by atomic mass is 9.81. The monoisotopic (exact) mass is 339 g/mol.